The van der Waals surface area contributed by atoms with E-state index in [0.717, 1.165) is 31.5 Å². The molecule has 0 radical (unpaired) electrons. The van der Waals surface area contributed by atoms with Crippen molar-refractivity contribution in [2.75, 3.05) is 13.1 Å². The van der Waals surface area contributed by atoms with Crippen LogP contribution in [-0.4, -0.2) is 35.6 Å². The van der Waals surface area contributed by atoms with Gasteiger partial charge in [-0.2, -0.15) is 0 Å². The first kappa shape index (κ1) is 14.7. The van der Waals surface area contributed by atoms with Gasteiger partial charge in [0.15, 0.2) is 0 Å². The zero-order chi connectivity index (χ0) is 15.0. The van der Waals surface area contributed by atoms with Gasteiger partial charge in [0.2, 0.25) is 0 Å². The van der Waals surface area contributed by atoms with Gasteiger partial charge in [-0.05, 0) is 36.5 Å². The van der Waals surface area contributed by atoms with Crippen molar-refractivity contribution in [1.82, 2.24) is 4.90 Å². The van der Waals surface area contributed by atoms with Crippen molar-refractivity contribution in [3.05, 3.63) is 29.8 Å². The van der Waals surface area contributed by atoms with E-state index in [1.807, 2.05) is 0 Å². The molecule has 0 spiro atoms. The summed E-state index contributed by atoms with van der Waals surface area (Å²) in [7, 11) is 0. The Morgan fingerprint density at radius 1 is 1.14 bits per heavy atom. The molecule has 1 heterocycles. The first-order valence-corrected chi connectivity index (χ1v) is 7.16. The van der Waals surface area contributed by atoms with Crippen LogP contribution in [0.1, 0.15) is 18.4 Å². The van der Waals surface area contributed by atoms with Crippen molar-refractivity contribution in [3.63, 3.8) is 0 Å². The highest BCUT2D eigenvalue weighted by molar-refractivity contribution is 5.27. The number of hydrogen-bond donors (Lipinski definition) is 1. The fourth-order valence-corrected chi connectivity index (χ4v) is 3.51. The van der Waals surface area contributed by atoms with E-state index >= 15 is 0 Å². The molecule has 116 valence electrons. The molecule has 1 aliphatic heterocycles. The third kappa shape index (κ3) is 3.49. The van der Waals surface area contributed by atoms with E-state index in [0.29, 0.717) is 18.4 Å². The van der Waals surface area contributed by atoms with Crippen LogP contribution in [0.5, 0.6) is 5.75 Å². The molecule has 3 atom stereocenters. The van der Waals surface area contributed by atoms with Gasteiger partial charge in [-0.1, -0.05) is 12.1 Å². The molecule has 3 unspecified atom stereocenters. The van der Waals surface area contributed by atoms with E-state index in [2.05, 4.69) is 9.64 Å². The van der Waals surface area contributed by atoms with Gasteiger partial charge in [-0.3, -0.25) is 4.90 Å². The highest BCUT2D eigenvalue weighted by Crippen LogP contribution is 2.38. The van der Waals surface area contributed by atoms with Crippen molar-refractivity contribution in [2.45, 2.75) is 31.9 Å². The van der Waals surface area contributed by atoms with Gasteiger partial charge in [-0.25, -0.2) is 0 Å². The largest absolute Gasteiger partial charge is 0.573 e. The fourth-order valence-electron chi connectivity index (χ4n) is 3.51. The standard InChI is InChI=1S/C15H18F3NO2/c16-15(17,18)21-12-4-1-10(2-5-12)7-19-8-11-3-6-14(20)13(11)9-19/h1-2,4-5,11,13-14,20H,3,6-9H2. The minimum absolute atomic E-state index is 0.192. The van der Waals surface area contributed by atoms with Gasteiger partial charge in [0.1, 0.15) is 5.75 Å². The molecule has 21 heavy (non-hydrogen) atoms. The second kappa shape index (κ2) is 5.50. The number of nitrogens with zero attached hydrogens (tertiary/aromatic N) is 1. The number of aliphatic hydroxyl groups excluding tert-OH is 1. The summed E-state index contributed by atoms with van der Waals surface area (Å²) in [6.45, 7) is 2.53. The average Bonchev–Trinajstić information content (AvgIpc) is 2.93. The molecule has 1 aromatic carbocycles. The first-order valence-electron chi connectivity index (χ1n) is 7.16. The number of aliphatic hydroxyl groups is 1. The summed E-state index contributed by atoms with van der Waals surface area (Å²) in [5, 5.41) is 9.88. The van der Waals surface area contributed by atoms with Crippen molar-refractivity contribution in [3.8, 4) is 5.75 Å². The maximum Gasteiger partial charge on any atom is 0.573 e. The topological polar surface area (TPSA) is 32.7 Å². The maximum absolute atomic E-state index is 12.1. The van der Waals surface area contributed by atoms with Gasteiger partial charge < -0.3 is 9.84 Å². The van der Waals surface area contributed by atoms with Crippen LogP contribution in [0.3, 0.4) is 0 Å². The molecule has 0 bridgehead atoms. The van der Waals surface area contributed by atoms with Gasteiger partial charge in [0.25, 0.3) is 0 Å². The van der Waals surface area contributed by atoms with Gasteiger partial charge in [-0.15, -0.1) is 13.2 Å². The Balaban J connectivity index is 1.57. The number of likely N-dealkylation sites (tertiary alicyclic amines) is 1. The lowest BCUT2D eigenvalue weighted by Crippen LogP contribution is -2.24. The molecule has 3 nitrogen and oxygen atoms in total. The number of benzene rings is 1. The molecule has 0 aromatic heterocycles. The minimum Gasteiger partial charge on any atom is -0.406 e. The second-order valence-electron chi connectivity index (χ2n) is 5.95. The Morgan fingerprint density at radius 2 is 1.86 bits per heavy atom. The summed E-state index contributed by atoms with van der Waals surface area (Å²) in [4.78, 5) is 2.26. The van der Waals surface area contributed by atoms with Crippen LogP contribution in [-0.2, 0) is 6.54 Å². The lowest BCUT2D eigenvalue weighted by molar-refractivity contribution is -0.274. The zero-order valence-electron chi connectivity index (χ0n) is 11.5. The molecule has 0 amide bonds. The summed E-state index contributed by atoms with van der Waals surface area (Å²) >= 11 is 0. The monoisotopic (exact) mass is 301 g/mol. The number of ether oxygens (including phenoxy) is 1. The quantitative estimate of drug-likeness (QED) is 0.932. The van der Waals surface area contributed by atoms with Crippen LogP contribution in [0.15, 0.2) is 24.3 Å². The third-order valence-corrected chi connectivity index (χ3v) is 4.46. The summed E-state index contributed by atoms with van der Waals surface area (Å²) in [5.74, 6) is 0.727. The molecule has 1 aromatic rings. The summed E-state index contributed by atoms with van der Waals surface area (Å²) in [6, 6.07) is 6.00. The zero-order valence-corrected chi connectivity index (χ0v) is 11.5. The normalized spacial score (nSPS) is 29.6. The molecule has 2 fully saturated rings. The second-order valence-corrected chi connectivity index (χ2v) is 5.95. The molecular weight excluding hydrogens is 283 g/mol. The summed E-state index contributed by atoms with van der Waals surface area (Å²) in [5.41, 5.74) is 0.957. The highest BCUT2D eigenvalue weighted by Gasteiger charge is 2.41. The lowest BCUT2D eigenvalue weighted by Gasteiger charge is -2.18. The number of halogens is 3. The van der Waals surface area contributed by atoms with Crippen LogP contribution in [0.25, 0.3) is 0 Å². The van der Waals surface area contributed by atoms with Crippen LogP contribution in [0, 0.1) is 11.8 Å². The lowest BCUT2D eigenvalue weighted by atomic mass is 10.00. The van der Waals surface area contributed by atoms with E-state index in [-0.39, 0.29) is 11.9 Å². The Morgan fingerprint density at radius 3 is 2.48 bits per heavy atom. The van der Waals surface area contributed by atoms with Gasteiger partial charge in [0.05, 0.1) is 6.10 Å². The SMILES string of the molecule is OC1CCC2CN(Cc3ccc(OC(F)(F)F)cc3)CC12. The smallest absolute Gasteiger partial charge is 0.406 e. The number of alkyl halides is 3. The number of rotatable bonds is 3. The molecule has 1 saturated carbocycles. The number of hydrogen-bond acceptors (Lipinski definition) is 3. The molecule has 2 aliphatic rings. The van der Waals surface area contributed by atoms with E-state index in [1.165, 1.54) is 12.1 Å². The molecule has 1 saturated heterocycles. The third-order valence-electron chi connectivity index (χ3n) is 4.46. The molecule has 1 N–H and O–H groups in total. The predicted molar refractivity (Wildman–Crippen MR) is 70.6 cm³/mol. The number of fused-ring (bicyclic) bond motifs is 1. The van der Waals surface area contributed by atoms with Crippen LogP contribution >= 0.6 is 0 Å². The first-order chi connectivity index (χ1) is 9.90. The van der Waals surface area contributed by atoms with Crippen molar-refractivity contribution in [2.24, 2.45) is 11.8 Å². The minimum atomic E-state index is -4.65. The van der Waals surface area contributed by atoms with Gasteiger partial charge in [0, 0.05) is 25.6 Å². The highest BCUT2D eigenvalue weighted by atomic mass is 19.4. The molecular formula is C15H18F3NO2. The van der Waals surface area contributed by atoms with Crippen LogP contribution in [0.4, 0.5) is 13.2 Å². The summed E-state index contributed by atoms with van der Waals surface area (Å²) in [6.07, 6.45) is -2.88. The van der Waals surface area contributed by atoms with E-state index < -0.39 is 6.36 Å². The molecule has 3 rings (SSSR count). The van der Waals surface area contributed by atoms with Crippen LogP contribution < -0.4 is 4.74 Å². The van der Waals surface area contributed by atoms with E-state index in [1.54, 1.807) is 12.1 Å². The maximum atomic E-state index is 12.1. The molecule has 6 heteroatoms. The average molecular weight is 301 g/mol. The summed E-state index contributed by atoms with van der Waals surface area (Å²) < 4.78 is 40.1. The Kier molecular flexibility index (Phi) is 3.84. The predicted octanol–water partition coefficient (Wildman–Crippen LogP) is 2.79. The van der Waals surface area contributed by atoms with Crippen molar-refractivity contribution >= 4 is 0 Å². The Labute approximate surface area is 121 Å². The Bertz CT molecular complexity index is 489. The fraction of sp³-hybridized carbons (Fsp3) is 0.600. The van der Waals surface area contributed by atoms with Crippen molar-refractivity contribution < 1.29 is 23.0 Å². The van der Waals surface area contributed by atoms with E-state index in [4.69, 9.17) is 0 Å². The van der Waals surface area contributed by atoms with Crippen LogP contribution in [0.2, 0.25) is 0 Å². The Hall–Kier alpha value is -1.27. The van der Waals surface area contributed by atoms with Gasteiger partial charge >= 0.3 is 6.36 Å². The molecule has 1 aliphatic carbocycles. The van der Waals surface area contributed by atoms with Crippen molar-refractivity contribution in [1.29, 1.82) is 0 Å². The van der Waals surface area contributed by atoms with E-state index in [9.17, 15) is 18.3 Å².